The first-order chi connectivity index (χ1) is 11.6. The summed E-state index contributed by atoms with van der Waals surface area (Å²) >= 11 is 1.31. The standard InChI is InChI=1S/C17H21N5OS/c1-5-9-21(10-6-2)16(23)12-24-17-18-19-20-22(17)15-8-7-13(3)14(4)11-15/h5-8,11H,1-2,9-10,12H2,3-4H3. The smallest absolute Gasteiger partial charge is 0.233 e. The maximum atomic E-state index is 12.3. The number of nitrogens with zero attached hydrogens (tertiary/aromatic N) is 5. The number of hydrogen-bond acceptors (Lipinski definition) is 5. The number of carbonyl (C=O) groups excluding carboxylic acids is 1. The van der Waals surface area contributed by atoms with E-state index < -0.39 is 0 Å². The molecule has 1 heterocycles. The minimum atomic E-state index is -0.00515. The summed E-state index contributed by atoms with van der Waals surface area (Å²) in [5.74, 6) is 0.252. The van der Waals surface area contributed by atoms with Crippen LogP contribution < -0.4 is 0 Å². The molecule has 24 heavy (non-hydrogen) atoms. The first-order valence-electron chi connectivity index (χ1n) is 7.55. The summed E-state index contributed by atoms with van der Waals surface area (Å²) < 4.78 is 1.65. The molecule has 0 atom stereocenters. The zero-order chi connectivity index (χ0) is 17.5. The lowest BCUT2D eigenvalue weighted by atomic mass is 10.1. The molecule has 6 nitrogen and oxygen atoms in total. The third-order valence-corrected chi connectivity index (χ3v) is 4.46. The Morgan fingerprint density at radius 1 is 1.25 bits per heavy atom. The second kappa shape index (κ2) is 8.44. The highest BCUT2D eigenvalue weighted by Crippen LogP contribution is 2.20. The lowest BCUT2D eigenvalue weighted by Crippen LogP contribution is -2.32. The zero-order valence-electron chi connectivity index (χ0n) is 14.0. The molecule has 2 rings (SSSR count). The number of aryl methyl sites for hydroxylation is 2. The maximum Gasteiger partial charge on any atom is 0.233 e. The van der Waals surface area contributed by atoms with E-state index in [2.05, 4.69) is 35.6 Å². The highest BCUT2D eigenvalue weighted by molar-refractivity contribution is 7.99. The molecular weight excluding hydrogens is 322 g/mol. The SMILES string of the molecule is C=CCN(CC=C)C(=O)CSc1nnnn1-c1ccc(C)c(C)c1. The van der Waals surface area contributed by atoms with Crippen molar-refractivity contribution in [2.24, 2.45) is 0 Å². The fourth-order valence-electron chi connectivity index (χ4n) is 2.10. The summed E-state index contributed by atoms with van der Waals surface area (Å²) in [7, 11) is 0. The Kier molecular flexibility index (Phi) is 6.31. The average Bonchev–Trinajstić information content (AvgIpc) is 3.03. The van der Waals surface area contributed by atoms with E-state index in [9.17, 15) is 4.79 Å². The molecule has 2 aromatic rings. The monoisotopic (exact) mass is 343 g/mol. The number of rotatable bonds is 8. The van der Waals surface area contributed by atoms with Crippen molar-refractivity contribution in [1.82, 2.24) is 25.1 Å². The molecule has 0 saturated carbocycles. The van der Waals surface area contributed by atoms with E-state index >= 15 is 0 Å². The number of thioether (sulfide) groups is 1. The predicted molar refractivity (Wildman–Crippen MR) is 96.3 cm³/mol. The van der Waals surface area contributed by atoms with Crippen LogP contribution in [0.15, 0.2) is 48.7 Å². The Morgan fingerprint density at radius 3 is 2.58 bits per heavy atom. The van der Waals surface area contributed by atoms with Crippen LogP contribution in [0.3, 0.4) is 0 Å². The molecule has 126 valence electrons. The summed E-state index contributed by atoms with van der Waals surface area (Å²) in [5, 5.41) is 12.4. The fourth-order valence-corrected chi connectivity index (χ4v) is 2.89. The molecular formula is C17H21N5OS. The molecule has 0 N–H and O–H groups in total. The molecule has 0 fully saturated rings. The molecule has 0 aliphatic heterocycles. The average molecular weight is 343 g/mol. The van der Waals surface area contributed by atoms with E-state index in [-0.39, 0.29) is 11.7 Å². The lowest BCUT2D eigenvalue weighted by Gasteiger charge is -2.18. The van der Waals surface area contributed by atoms with E-state index in [1.54, 1.807) is 21.7 Å². The Labute approximate surface area is 146 Å². The Balaban J connectivity index is 2.10. The number of benzene rings is 1. The molecule has 0 aliphatic rings. The molecule has 1 aromatic carbocycles. The van der Waals surface area contributed by atoms with Gasteiger partial charge in [0.25, 0.3) is 0 Å². The van der Waals surface area contributed by atoms with Gasteiger partial charge in [0.15, 0.2) is 0 Å². The first-order valence-corrected chi connectivity index (χ1v) is 8.53. The van der Waals surface area contributed by atoms with Gasteiger partial charge < -0.3 is 4.90 Å². The summed E-state index contributed by atoms with van der Waals surface area (Å²) in [5.41, 5.74) is 3.26. The third-order valence-electron chi connectivity index (χ3n) is 3.55. The topological polar surface area (TPSA) is 63.9 Å². The molecule has 1 amide bonds. The van der Waals surface area contributed by atoms with Crippen LogP contribution in [0.5, 0.6) is 0 Å². The summed E-state index contributed by atoms with van der Waals surface area (Å²) in [6, 6.07) is 6.02. The summed E-state index contributed by atoms with van der Waals surface area (Å²) in [6.07, 6.45) is 3.40. The number of aromatic nitrogens is 4. The quantitative estimate of drug-likeness (QED) is 0.544. The molecule has 0 unspecified atom stereocenters. The van der Waals surface area contributed by atoms with Gasteiger partial charge in [-0.1, -0.05) is 30.0 Å². The van der Waals surface area contributed by atoms with Crippen molar-refractivity contribution in [1.29, 1.82) is 0 Å². The Bertz CT molecular complexity index is 730. The van der Waals surface area contributed by atoms with Gasteiger partial charge in [0, 0.05) is 13.1 Å². The van der Waals surface area contributed by atoms with Crippen LogP contribution in [-0.4, -0.2) is 49.9 Å². The van der Waals surface area contributed by atoms with Crippen molar-refractivity contribution < 1.29 is 4.79 Å². The van der Waals surface area contributed by atoms with E-state index in [1.165, 1.54) is 17.3 Å². The van der Waals surface area contributed by atoms with Crippen LogP contribution in [0, 0.1) is 13.8 Å². The van der Waals surface area contributed by atoms with Gasteiger partial charge in [-0.05, 0) is 47.5 Å². The van der Waals surface area contributed by atoms with Crippen LogP contribution in [0.2, 0.25) is 0 Å². The van der Waals surface area contributed by atoms with E-state index in [1.807, 2.05) is 25.1 Å². The van der Waals surface area contributed by atoms with Crippen molar-refractivity contribution >= 4 is 17.7 Å². The minimum absolute atomic E-state index is 0.00515. The van der Waals surface area contributed by atoms with Crippen molar-refractivity contribution in [2.75, 3.05) is 18.8 Å². The second-order valence-electron chi connectivity index (χ2n) is 5.31. The Hall–Kier alpha value is -2.41. The Morgan fingerprint density at radius 2 is 1.96 bits per heavy atom. The van der Waals surface area contributed by atoms with Crippen molar-refractivity contribution in [3.8, 4) is 5.69 Å². The fraction of sp³-hybridized carbons (Fsp3) is 0.294. The number of hydrogen-bond donors (Lipinski definition) is 0. The summed E-state index contributed by atoms with van der Waals surface area (Å²) in [6.45, 7) is 12.4. The van der Waals surface area contributed by atoms with Gasteiger partial charge in [0.05, 0.1) is 11.4 Å². The van der Waals surface area contributed by atoms with Gasteiger partial charge in [-0.15, -0.1) is 18.3 Å². The molecule has 0 radical (unpaired) electrons. The normalized spacial score (nSPS) is 10.4. The first kappa shape index (κ1) is 17.9. The highest BCUT2D eigenvalue weighted by atomic mass is 32.2. The second-order valence-corrected chi connectivity index (χ2v) is 6.25. The summed E-state index contributed by atoms with van der Waals surface area (Å²) in [4.78, 5) is 14.0. The molecule has 0 bridgehead atoms. The van der Waals surface area contributed by atoms with Crippen molar-refractivity contribution in [3.63, 3.8) is 0 Å². The lowest BCUT2D eigenvalue weighted by molar-refractivity contribution is -0.127. The predicted octanol–water partition coefficient (Wildman–Crippen LogP) is 2.57. The van der Waals surface area contributed by atoms with Gasteiger partial charge in [-0.25, -0.2) is 0 Å². The van der Waals surface area contributed by atoms with Crippen LogP contribution in [0.25, 0.3) is 5.69 Å². The number of tetrazole rings is 1. The molecule has 7 heteroatoms. The third kappa shape index (κ3) is 4.32. The zero-order valence-corrected chi connectivity index (χ0v) is 14.8. The van der Waals surface area contributed by atoms with Crippen LogP contribution in [0.4, 0.5) is 0 Å². The highest BCUT2D eigenvalue weighted by Gasteiger charge is 2.15. The number of amides is 1. The van der Waals surface area contributed by atoms with Gasteiger partial charge in [0.2, 0.25) is 11.1 Å². The number of carbonyl (C=O) groups is 1. The van der Waals surface area contributed by atoms with E-state index in [0.29, 0.717) is 18.2 Å². The molecule has 0 spiro atoms. The molecule has 1 aromatic heterocycles. The van der Waals surface area contributed by atoms with Gasteiger partial charge in [0.1, 0.15) is 0 Å². The van der Waals surface area contributed by atoms with E-state index in [0.717, 1.165) is 11.3 Å². The van der Waals surface area contributed by atoms with E-state index in [4.69, 9.17) is 0 Å². The van der Waals surface area contributed by atoms with Gasteiger partial charge in [-0.3, -0.25) is 4.79 Å². The van der Waals surface area contributed by atoms with Gasteiger partial charge >= 0.3 is 0 Å². The van der Waals surface area contributed by atoms with Crippen LogP contribution in [-0.2, 0) is 4.79 Å². The van der Waals surface area contributed by atoms with Crippen LogP contribution in [0.1, 0.15) is 11.1 Å². The molecule has 0 aliphatic carbocycles. The van der Waals surface area contributed by atoms with Crippen molar-refractivity contribution in [3.05, 3.63) is 54.6 Å². The minimum Gasteiger partial charge on any atom is -0.335 e. The van der Waals surface area contributed by atoms with Gasteiger partial charge in [-0.2, -0.15) is 4.68 Å². The largest absolute Gasteiger partial charge is 0.335 e. The van der Waals surface area contributed by atoms with Crippen LogP contribution >= 0.6 is 11.8 Å². The van der Waals surface area contributed by atoms with Crippen molar-refractivity contribution in [2.45, 2.75) is 19.0 Å². The maximum absolute atomic E-state index is 12.3. The molecule has 0 saturated heterocycles.